The molecule has 0 bridgehead atoms. The quantitative estimate of drug-likeness (QED) is 0.557. The first-order valence-electron chi connectivity index (χ1n) is 8.19. The highest BCUT2D eigenvalue weighted by atomic mass is 79.9. The van der Waals surface area contributed by atoms with E-state index >= 15 is 0 Å². The number of rotatable bonds is 3. The maximum Gasteiger partial charge on any atom is 0.270 e. The molecule has 0 N–H and O–H groups in total. The van der Waals surface area contributed by atoms with Crippen molar-refractivity contribution >= 4 is 33.2 Å². The predicted octanol–water partition coefficient (Wildman–Crippen LogP) is 3.85. The Kier molecular flexibility index (Phi) is 5.51. The highest BCUT2D eigenvalue weighted by molar-refractivity contribution is 9.10. The molecule has 0 atom stereocenters. The van der Waals surface area contributed by atoms with Crippen molar-refractivity contribution in [2.75, 3.05) is 31.1 Å². The molecule has 0 unspecified atom stereocenters. The molecule has 6 nitrogen and oxygen atoms in total. The number of amides is 1. The fourth-order valence-corrected chi connectivity index (χ4v) is 3.62. The van der Waals surface area contributed by atoms with Crippen LogP contribution in [0.15, 0.2) is 46.9 Å². The number of carbonyl (C=O) groups is 1. The van der Waals surface area contributed by atoms with Crippen LogP contribution in [-0.2, 0) is 0 Å². The second-order valence-corrected chi connectivity index (χ2v) is 6.89. The minimum atomic E-state index is -0.430. The lowest BCUT2D eigenvalue weighted by Gasteiger charge is -2.24. The van der Waals surface area contributed by atoms with Crippen LogP contribution in [0.2, 0.25) is 0 Å². The van der Waals surface area contributed by atoms with Crippen molar-refractivity contribution in [2.24, 2.45) is 0 Å². The largest absolute Gasteiger partial charge is 0.369 e. The Labute approximate surface area is 158 Å². The SMILES string of the molecule is O=C(c1ccc(F)cc1)N1CCCN(c2ccc([N+](=O)[O-])cc2Br)CC1. The van der Waals surface area contributed by atoms with E-state index in [-0.39, 0.29) is 17.4 Å². The van der Waals surface area contributed by atoms with Gasteiger partial charge in [0.1, 0.15) is 5.82 Å². The van der Waals surface area contributed by atoms with Crippen LogP contribution >= 0.6 is 15.9 Å². The van der Waals surface area contributed by atoms with E-state index in [9.17, 15) is 19.3 Å². The lowest BCUT2D eigenvalue weighted by atomic mass is 10.2. The van der Waals surface area contributed by atoms with Gasteiger partial charge in [-0.15, -0.1) is 0 Å². The molecule has 136 valence electrons. The predicted molar refractivity (Wildman–Crippen MR) is 99.9 cm³/mol. The molecular weight excluding hydrogens is 405 g/mol. The fourth-order valence-electron chi connectivity index (χ4n) is 3.00. The van der Waals surface area contributed by atoms with Crippen molar-refractivity contribution in [3.63, 3.8) is 0 Å². The molecule has 0 spiro atoms. The Morgan fingerprint density at radius 3 is 2.46 bits per heavy atom. The Morgan fingerprint density at radius 2 is 1.81 bits per heavy atom. The number of carbonyl (C=O) groups excluding carboxylic acids is 1. The highest BCUT2D eigenvalue weighted by Gasteiger charge is 2.22. The van der Waals surface area contributed by atoms with Crippen molar-refractivity contribution < 1.29 is 14.1 Å². The molecule has 8 heteroatoms. The second kappa shape index (κ2) is 7.82. The molecular formula is C18H17BrFN3O3. The van der Waals surface area contributed by atoms with Gasteiger partial charge in [0.15, 0.2) is 0 Å². The fraction of sp³-hybridized carbons (Fsp3) is 0.278. The van der Waals surface area contributed by atoms with Crippen LogP contribution < -0.4 is 4.90 Å². The van der Waals surface area contributed by atoms with Gasteiger partial charge in [-0.3, -0.25) is 14.9 Å². The number of benzene rings is 2. The second-order valence-electron chi connectivity index (χ2n) is 6.03. The maximum absolute atomic E-state index is 13.0. The van der Waals surface area contributed by atoms with Crippen molar-refractivity contribution in [3.05, 3.63) is 68.4 Å². The average Bonchev–Trinajstić information content (AvgIpc) is 2.87. The summed E-state index contributed by atoms with van der Waals surface area (Å²) in [7, 11) is 0. The van der Waals surface area contributed by atoms with E-state index in [4.69, 9.17) is 0 Å². The Hall–Kier alpha value is -2.48. The van der Waals surface area contributed by atoms with Crippen LogP contribution in [0.25, 0.3) is 0 Å². The number of hydrogen-bond donors (Lipinski definition) is 0. The van der Waals surface area contributed by atoms with Crippen molar-refractivity contribution in [2.45, 2.75) is 6.42 Å². The normalized spacial score (nSPS) is 14.8. The molecule has 0 saturated carbocycles. The first-order valence-corrected chi connectivity index (χ1v) is 8.99. The van der Waals surface area contributed by atoms with E-state index in [0.29, 0.717) is 29.7 Å². The summed E-state index contributed by atoms with van der Waals surface area (Å²) in [6.07, 6.45) is 0.774. The van der Waals surface area contributed by atoms with Gasteiger partial charge in [-0.25, -0.2) is 4.39 Å². The topological polar surface area (TPSA) is 66.7 Å². The Bertz CT molecular complexity index is 829. The number of non-ortho nitro benzene ring substituents is 1. The smallest absolute Gasteiger partial charge is 0.270 e. The zero-order chi connectivity index (χ0) is 18.7. The first-order chi connectivity index (χ1) is 12.5. The molecule has 1 saturated heterocycles. The van der Waals surface area contributed by atoms with Gasteiger partial charge in [0.2, 0.25) is 0 Å². The maximum atomic E-state index is 13.0. The zero-order valence-electron chi connectivity index (χ0n) is 13.9. The van der Waals surface area contributed by atoms with Gasteiger partial charge in [-0.2, -0.15) is 0 Å². The van der Waals surface area contributed by atoms with Gasteiger partial charge >= 0.3 is 0 Å². The molecule has 2 aromatic rings. The standard InChI is InChI=1S/C18H17BrFN3O3/c19-16-12-15(23(25)26)6-7-17(16)21-8-1-9-22(11-10-21)18(24)13-2-4-14(20)5-3-13/h2-7,12H,1,8-11H2. The summed E-state index contributed by atoms with van der Waals surface area (Å²) >= 11 is 3.40. The lowest BCUT2D eigenvalue weighted by Crippen LogP contribution is -2.35. The van der Waals surface area contributed by atoms with Gasteiger partial charge in [0.05, 0.1) is 10.6 Å². The molecule has 1 fully saturated rings. The van der Waals surface area contributed by atoms with Gasteiger partial charge in [0.25, 0.3) is 11.6 Å². The number of nitro groups is 1. The number of hydrogen-bond acceptors (Lipinski definition) is 4. The lowest BCUT2D eigenvalue weighted by molar-refractivity contribution is -0.384. The summed E-state index contributed by atoms with van der Waals surface area (Å²) in [5.41, 5.74) is 1.37. The molecule has 0 radical (unpaired) electrons. The van der Waals surface area contributed by atoms with Crippen LogP contribution in [-0.4, -0.2) is 41.9 Å². The Balaban J connectivity index is 1.71. The molecule has 3 rings (SSSR count). The number of halogens is 2. The van der Waals surface area contributed by atoms with E-state index < -0.39 is 4.92 Å². The van der Waals surface area contributed by atoms with E-state index in [0.717, 1.165) is 18.7 Å². The van der Waals surface area contributed by atoms with Crippen molar-refractivity contribution in [3.8, 4) is 0 Å². The third-order valence-corrected chi connectivity index (χ3v) is 4.99. The van der Waals surface area contributed by atoms with Gasteiger partial charge in [-0.1, -0.05) is 0 Å². The Morgan fingerprint density at radius 1 is 1.08 bits per heavy atom. The van der Waals surface area contributed by atoms with Crippen LogP contribution in [0, 0.1) is 15.9 Å². The number of anilines is 1. The molecule has 2 aromatic carbocycles. The third kappa shape index (κ3) is 4.01. The van der Waals surface area contributed by atoms with Crippen LogP contribution in [0.4, 0.5) is 15.8 Å². The summed E-state index contributed by atoms with van der Waals surface area (Å²) in [5, 5.41) is 10.9. The molecule has 1 heterocycles. The molecule has 0 aliphatic carbocycles. The molecule has 1 aliphatic heterocycles. The van der Waals surface area contributed by atoms with Gasteiger partial charge in [-0.05, 0) is 52.7 Å². The van der Waals surface area contributed by atoms with Crippen molar-refractivity contribution in [1.29, 1.82) is 0 Å². The summed E-state index contributed by atoms with van der Waals surface area (Å²) in [6.45, 7) is 2.49. The minimum Gasteiger partial charge on any atom is -0.369 e. The zero-order valence-corrected chi connectivity index (χ0v) is 15.5. The van der Waals surface area contributed by atoms with Crippen molar-refractivity contribution in [1.82, 2.24) is 4.90 Å². The third-order valence-electron chi connectivity index (χ3n) is 4.36. The summed E-state index contributed by atoms with van der Waals surface area (Å²) in [4.78, 5) is 26.9. The van der Waals surface area contributed by atoms with Crippen LogP contribution in [0.1, 0.15) is 16.8 Å². The average molecular weight is 422 g/mol. The monoisotopic (exact) mass is 421 g/mol. The molecule has 1 amide bonds. The number of nitro benzene ring substituents is 1. The highest BCUT2D eigenvalue weighted by Crippen LogP contribution is 2.31. The molecule has 1 aliphatic rings. The van der Waals surface area contributed by atoms with E-state index in [1.807, 2.05) is 0 Å². The minimum absolute atomic E-state index is 0.0311. The summed E-state index contributed by atoms with van der Waals surface area (Å²) < 4.78 is 13.7. The van der Waals surface area contributed by atoms with E-state index in [1.165, 1.54) is 36.4 Å². The van der Waals surface area contributed by atoms with E-state index in [1.54, 1.807) is 11.0 Å². The van der Waals surface area contributed by atoms with E-state index in [2.05, 4.69) is 20.8 Å². The summed E-state index contributed by atoms with van der Waals surface area (Å²) in [6, 6.07) is 10.2. The molecule has 26 heavy (non-hydrogen) atoms. The summed E-state index contributed by atoms with van der Waals surface area (Å²) in [5.74, 6) is -0.485. The van der Waals surface area contributed by atoms with Crippen LogP contribution in [0.5, 0.6) is 0 Å². The van der Waals surface area contributed by atoms with Gasteiger partial charge in [0, 0.05) is 48.3 Å². The molecule has 0 aromatic heterocycles. The first kappa shape index (κ1) is 18.3. The van der Waals surface area contributed by atoms with Gasteiger partial charge < -0.3 is 9.80 Å². The van der Waals surface area contributed by atoms with Crippen LogP contribution in [0.3, 0.4) is 0 Å². The number of nitrogens with zero attached hydrogens (tertiary/aromatic N) is 3.